The van der Waals surface area contributed by atoms with Crippen molar-refractivity contribution < 1.29 is 27.8 Å². The van der Waals surface area contributed by atoms with Crippen molar-refractivity contribution in [2.75, 3.05) is 32.2 Å². The van der Waals surface area contributed by atoms with E-state index in [4.69, 9.17) is 25.8 Å². The predicted octanol–water partition coefficient (Wildman–Crippen LogP) is 6.04. The van der Waals surface area contributed by atoms with Gasteiger partial charge in [0, 0.05) is 36.5 Å². The van der Waals surface area contributed by atoms with Gasteiger partial charge in [-0.3, -0.25) is 9.78 Å². The second-order valence-corrected chi connectivity index (χ2v) is 9.47. The number of methoxy groups -OCH3 is 1. The normalized spacial score (nSPS) is 18.5. The minimum Gasteiger partial charge on any atom is -0.493 e. The Morgan fingerprint density at radius 3 is 2.97 bits per heavy atom. The molecule has 1 saturated heterocycles. The second-order valence-electron chi connectivity index (χ2n) is 9.06. The van der Waals surface area contributed by atoms with E-state index >= 15 is 0 Å². The number of carbonyl (C=O) groups excluding carboxylic acids is 1. The Morgan fingerprint density at radius 2 is 2.21 bits per heavy atom. The summed E-state index contributed by atoms with van der Waals surface area (Å²) in [7, 11) is 1.50. The second kappa shape index (κ2) is 11.4. The van der Waals surface area contributed by atoms with E-state index in [1.165, 1.54) is 7.11 Å². The number of nitrogens with zero attached hydrogens (tertiary/aromatic N) is 1. The molecule has 8 nitrogen and oxygen atoms in total. The monoisotopic (exact) mass is 544 g/mol. The third kappa shape index (κ3) is 5.32. The Morgan fingerprint density at radius 1 is 1.34 bits per heavy atom. The summed E-state index contributed by atoms with van der Waals surface area (Å²) in [6.07, 6.45) is 4.26. The maximum absolute atomic E-state index is 13.2. The van der Waals surface area contributed by atoms with Crippen molar-refractivity contribution in [2.24, 2.45) is 0 Å². The molecule has 11 heteroatoms. The number of ether oxygens (including phenoxy) is 3. The topological polar surface area (TPSA) is 97.5 Å². The van der Waals surface area contributed by atoms with Crippen LogP contribution in [0.5, 0.6) is 11.5 Å². The third-order valence-corrected chi connectivity index (χ3v) is 6.96. The number of H-pyrrole nitrogens is 1. The molecule has 2 aliphatic heterocycles. The molecule has 4 heterocycles. The molecule has 1 aromatic carbocycles. The number of pyridine rings is 1. The van der Waals surface area contributed by atoms with Crippen LogP contribution in [0.15, 0.2) is 48.8 Å². The van der Waals surface area contributed by atoms with Crippen LogP contribution in [-0.4, -0.2) is 48.8 Å². The van der Waals surface area contributed by atoms with Gasteiger partial charge in [0.15, 0.2) is 5.75 Å². The molecule has 0 radical (unpaired) electrons. The van der Waals surface area contributed by atoms with Crippen LogP contribution in [0.2, 0.25) is 5.02 Å². The van der Waals surface area contributed by atoms with Crippen molar-refractivity contribution >= 4 is 28.9 Å². The fourth-order valence-corrected chi connectivity index (χ4v) is 5.09. The number of fused-ring (bicyclic) bond motifs is 1. The maximum Gasteiger partial charge on any atom is 0.266 e. The Balaban J connectivity index is 1.62. The Hall–Kier alpha value is -3.63. The van der Waals surface area contributed by atoms with Crippen LogP contribution in [-0.2, 0) is 4.74 Å². The zero-order chi connectivity index (χ0) is 26.6. The molecule has 1 amide bonds. The molecule has 0 saturated carbocycles. The van der Waals surface area contributed by atoms with E-state index in [0.717, 1.165) is 18.9 Å². The van der Waals surface area contributed by atoms with Crippen LogP contribution in [0.1, 0.15) is 41.2 Å². The average molecular weight is 545 g/mol. The highest BCUT2D eigenvalue weighted by molar-refractivity contribution is 6.32. The lowest BCUT2D eigenvalue weighted by atomic mass is 9.93. The molecule has 200 valence electrons. The maximum atomic E-state index is 13.2. The molecule has 0 aliphatic carbocycles. The zero-order valence-corrected chi connectivity index (χ0v) is 21.4. The minimum atomic E-state index is -1.77. The number of anilines is 2. The number of aromatic nitrogens is 2. The number of rotatable bonds is 9. The summed E-state index contributed by atoms with van der Waals surface area (Å²) in [5, 5.41) is 6.53. The van der Waals surface area contributed by atoms with Gasteiger partial charge in [0.05, 0.1) is 47.1 Å². The van der Waals surface area contributed by atoms with E-state index in [2.05, 4.69) is 20.6 Å². The summed E-state index contributed by atoms with van der Waals surface area (Å²) in [5.74, 6) is 0.171. The van der Waals surface area contributed by atoms with E-state index in [9.17, 15) is 13.6 Å². The molecule has 2 atom stereocenters. The number of benzene rings is 1. The molecule has 2 aromatic heterocycles. The SMILES string of the molecule is COc1c(Cl)cccc1Nc1c(-c2ccncc2OC[C@@H]2CCCO2)[nH]c2c1C(=O)NCC2CC=C(F)F. The fraction of sp³-hybridized carbons (Fsp3) is 0.333. The number of amides is 1. The van der Waals surface area contributed by atoms with Crippen LogP contribution in [0.3, 0.4) is 0 Å². The largest absolute Gasteiger partial charge is 0.493 e. The van der Waals surface area contributed by atoms with Gasteiger partial charge < -0.3 is 29.8 Å². The third-order valence-electron chi connectivity index (χ3n) is 6.66. The van der Waals surface area contributed by atoms with Gasteiger partial charge >= 0.3 is 0 Å². The molecule has 0 bridgehead atoms. The number of hydrogen-bond acceptors (Lipinski definition) is 6. The molecule has 1 unspecified atom stereocenters. The van der Waals surface area contributed by atoms with Crippen LogP contribution < -0.4 is 20.1 Å². The van der Waals surface area contributed by atoms with Crippen LogP contribution in [0.25, 0.3) is 11.3 Å². The van der Waals surface area contributed by atoms with Gasteiger partial charge in [0.25, 0.3) is 12.0 Å². The molecule has 5 rings (SSSR count). The van der Waals surface area contributed by atoms with Crippen molar-refractivity contribution in [3.8, 4) is 22.8 Å². The van der Waals surface area contributed by atoms with E-state index in [1.807, 2.05) is 0 Å². The van der Waals surface area contributed by atoms with Crippen molar-refractivity contribution in [3.05, 3.63) is 65.1 Å². The first-order valence-electron chi connectivity index (χ1n) is 12.3. The highest BCUT2D eigenvalue weighted by Crippen LogP contribution is 2.45. The van der Waals surface area contributed by atoms with Crippen LogP contribution in [0, 0.1) is 0 Å². The number of carbonyl (C=O) groups is 1. The van der Waals surface area contributed by atoms with Gasteiger partial charge in [-0.1, -0.05) is 17.7 Å². The summed E-state index contributed by atoms with van der Waals surface area (Å²) < 4.78 is 43.2. The van der Waals surface area contributed by atoms with Crippen LogP contribution in [0.4, 0.5) is 20.2 Å². The summed E-state index contributed by atoms with van der Waals surface area (Å²) in [4.78, 5) is 20.8. The molecular formula is C27H27ClF2N4O4. The van der Waals surface area contributed by atoms with E-state index in [-0.39, 0.29) is 25.0 Å². The number of allylic oxidation sites excluding steroid dienone is 1. The fourth-order valence-electron chi connectivity index (χ4n) is 4.84. The van der Waals surface area contributed by atoms with Gasteiger partial charge in [-0.05, 0) is 43.5 Å². The summed E-state index contributed by atoms with van der Waals surface area (Å²) in [5.41, 5.74) is 3.05. The van der Waals surface area contributed by atoms with Crippen molar-refractivity contribution in [3.63, 3.8) is 0 Å². The first kappa shape index (κ1) is 26.0. The molecule has 0 spiro atoms. The van der Waals surface area contributed by atoms with Gasteiger partial charge in [-0.15, -0.1) is 0 Å². The van der Waals surface area contributed by atoms with Gasteiger partial charge in [-0.2, -0.15) is 8.78 Å². The van der Waals surface area contributed by atoms with Crippen molar-refractivity contribution in [1.29, 1.82) is 0 Å². The summed E-state index contributed by atoms with van der Waals surface area (Å²) in [6, 6.07) is 7.00. The Bertz CT molecular complexity index is 1350. The summed E-state index contributed by atoms with van der Waals surface area (Å²) in [6.45, 7) is 1.28. The molecular weight excluding hydrogens is 518 g/mol. The van der Waals surface area contributed by atoms with E-state index in [1.54, 1.807) is 36.7 Å². The highest BCUT2D eigenvalue weighted by atomic mass is 35.5. The highest BCUT2D eigenvalue weighted by Gasteiger charge is 2.33. The van der Waals surface area contributed by atoms with Crippen LogP contribution >= 0.6 is 11.6 Å². The molecule has 3 aromatic rings. The summed E-state index contributed by atoms with van der Waals surface area (Å²) >= 11 is 6.35. The number of hydrogen-bond donors (Lipinski definition) is 3. The van der Waals surface area contributed by atoms with Crippen molar-refractivity contribution in [2.45, 2.75) is 31.3 Å². The average Bonchev–Trinajstić information content (AvgIpc) is 3.56. The lowest BCUT2D eigenvalue weighted by Gasteiger charge is -2.23. The Labute approximate surface area is 223 Å². The first-order chi connectivity index (χ1) is 18.5. The van der Waals surface area contributed by atoms with E-state index in [0.29, 0.717) is 63.6 Å². The Kier molecular flexibility index (Phi) is 7.80. The zero-order valence-electron chi connectivity index (χ0n) is 20.7. The molecule has 3 N–H and O–H groups in total. The standard InChI is InChI=1S/C27H27ClF2N4O4/c1-36-26-18(28)5-2-6-19(26)33-25-22-23(15(7-8-21(29)30)12-32-27(22)35)34-24(25)17-9-10-31-13-20(17)38-14-16-4-3-11-37-16/h2,5-6,8-10,13,15-16,33-34H,3-4,7,11-12,14H2,1H3,(H,32,35)/t15?,16-/m0/s1. The lowest BCUT2D eigenvalue weighted by Crippen LogP contribution is -2.34. The molecule has 1 fully saturated rings. The van der Waals surface area contributed by atoms with Gasteiger partial charge in [0.2, 0.25) is 0 Å². The van der Waals surface area contributed by atoms with Crippen molar-refractivity contribution in [1.82, 2.24) is 15.3 Å². The number of para-hydroxylation sites is 1. The number of halogens is 3. The van der Waals surface area contributed by atoms with Gasteiger partial charge in [-0.25, -0.2) is 0 Å². The van der Waals surface area contributed by atoms with Gasteiger partial charge in [0.1, 0.15) is 12.4 Å². The first-order valence-corrected chi connectivity index (χ1v) is 12.7. The van der Waals surface area contributed by atoms with E-state index < -0.39 is 12.0 Å². The number of nitrogens with one attached hydrogen (secondary N) is 3. The lowest BCUT2D eigenvalue weighted by molar-refractivity contribution is 0.0680. The number of aromatic amines is 1. The predicted molar refractivity (Wildman–Crippen MR) is 140 cm³/mol. The smallest absolute Gasteiger partial charge is 0.266 e. The quantitative estimate of drug-likeness (QED) is 0.304. The molecule has 2 aliphatic rings. The minimum absolute atomic E-state index is 0.00855. The molecule has 38 heavy (non-hydrogen) atoms.